The number of carbonyl (C=O) groups excluding carboxylic acids is 2. The first-order valence-electron chi connectivity index (χ1n) is 11.4. The number of fused-ring (bicyclic) bond motifs is 1. The summed E-state index contributed by atoms with van der Waals surface area (Å²) in [7, 11) is -3.83. The van der Waals surface area contributed by atoms with Crippen LogP contribution in [0, 0.1) is 0 Å². The van der Waals surface area contributed by atoms with Crippen LogP contribution < -0.4 is 19.1 Å². The molecular formula is C24H30ClN3O6S. The minimum Gasteiger partial charge on any atom is -0.454 e. The van der Waals surface area contributed by atoms with Gasteiger partial charge in [-0.2, -0.15) is 0 Å². The topological polar surface area (TPSA) is 105 Å². The van der Waals surface area contributed by atoms with Crippen molar-refractivity contribution in [1.82, 2.24) is 10.2 Å². The van der Waals surface area contributed by atoms with Gasteiger partial charge in [0.2, 0.25) is 28.6 Å². The van der Waals surface area contributed by atoms with Crippen LogP contribution in [0.2, 0.25) is 5.02 Å². The van der Waals surface area contributed by atoms with Crippen LogP contribution in [-0.4, -0.2) is 56.8 Å². The summed E-state index contributed by atoms with van der Waals surface area (Å²) in [5.74, 6) is -0.115. The molecule has 0 fully saturated rings. The molecule has 0 radical (unpaired) electrons. The first-order valence-corrected chi connectivity index (χ1v) is 13.4. The number of hydrogen-bond acceptors (Lipinski definition) is 6. The number of amides is 2. The van der Waals surface area contributed by atoms with Crippen LogP contribution in [0.5, 0.6) is 11.5 Å². The second-order valence-corrected chi connectivity index (χ2v) is 10.5. The summed E-state index contributed by atoms with van der Waals surface area (Å²) < 4.78 is 37.8. The average molecular weight is 524 g/mol. The number of carbonyl (C=O) groups is 2. The quantitative estimate of drug-likeness (QED) is 0.485. The summed E-state index contributed by atoms with van der Waals surface area (Å²) in [6.45, 7) is 5.20. The van der Waals surface area contributed by atoms with Crippen molar-refractivity contribution in [2.75, 3.05) is 29.9 Å². The lowest BCUT2D eigenvalue weighted by atomic mass is 10.1. The van der Waals surface area contributed by atoms with Crippen molar-refractivity contribution >= 4 is 39.1 Å². The van der Waals surface area contributed by atoms with Gasteiger partial charge >= 0.3 is 0 Å². The van der Waals surface area contributed by atoms with E-state index in [9.17, 15) is 18.0 Å². The number of likely N-dealkylation sites (N-methyl/N-ethyl adjacent to an activating group) is 1. The van der Waals surface area contributed by atoms with Crippen molar-refractivity contribution in [2.45, 2.75) is 39.8 Å². The molecule has 2 aromatic carbocycles. The molecule has 1 aliphatic heterocycles. The van der Waals surface area contributed by atoms with E-state index in [1.807, 2.05) is 0 Å². The Bertz CT molecular complexity index is 1160. The molecule has 2 aromatic rings. The molecule has 190 valence electrons. The normalized spacial score (nSPS) is 13.3. The number of halogens is 1. The molecule has 1 N–H and O–H groups in total. The zero-order valence-electron chi connectivity index (χ0n) is 20.0. The predicted octanol–water partition coefficient (Wildman–Crippen LogP) is 3.17. The SMILES string of the molecule is CCNC(=O)[C@H](CC)N(Cc1ccc(Cl)cc1)C(=O)CN(c1ccc2c(c1)OCO2)S(=O)(=O)CC. The molecule has 1 heterocycles. The number of hydrogen-bond donors (Lipinski definition) is 1. The fourth-order valence-corrected chi connectivity index (χ4v) is 4.94. The minimum absolute atomic E-state index is 0.0395. The molecular weight excluding hydrogens is 494 g/mol. The van der Waals surface area contributed by atoms with E-state index in [4.69, 9.17) is 21.1 Å². The third-order valence-electron chi connectivity index (χ3n) is 5.63. The molecule has 2 amide bonds. The van der Waals surface area contributed by atoms with Gasteiger partial charge in [-0.15, -0.1) is 0 Å². The number of ether oxygens (including phenoxy) is 2. The van der Waals surface area contributed by atoms with Crippen molar-refractivity contribution in [2.24, 2.45) is 0 Å². The molecule has 11 heteroatoms. The second-order valence-electron chi connectivity index (χ2n) is 7.91. The lowest BCUT2D eigenvalue weighted by Gasteiger charge is -2.33. The van der Waals surface area contributed by atoms with Crippen molar-refractivity contribution in [3.05, 3.63) is 53.1 Å². The maximum Gasteiger partial charge on any atom is 0.244 e. The summed E-state index contributed by atoms with van der Waals surface area (Å²) in [5.41, 5.74) is 1.04. The highest BCUT2D eigenvalue weighted by atomic mass is 35.5. The molecule has 1 aliphatic rings. The number of benzene rings is 2. The maximum atomic E-state index is 13.7. The lowest BCUT2D eigenvalue weighted by Crippen LogP contribution is -2.52. The minimum atomic E-state index is -3.83. The summed E-state index contributed by atoms with van der Waals surface area (Å²) >= 11 is 6.00. The third-order valence-corrected chi connectivity index (χ3v) is 7.62. The van der Waals surface area contributed by atoms with Gasteiger partial charge in [0, 0.05) is 24.2 Å². The molecule has 0 saturated heterocycles. The van der Waals surface area contributed by atoms with E-state index in [1.165, 1.54) is 17.9 Å². The molecule has 0 spiro atoms. The summed E-state index contributed by atoms with van der Waals surface area (Å²) in [4.78, 5) is 27.9. The van der Waals surface area contributed by atoms with Gasteiger partial charge in [-0.3, -0.25) is 13.9 Å². The van der Waals surface area contributed by atoms with Gasteiger partial charge in [0.15, 0.2) is 11.5 Å². The van der Waals surface area contributed by atoms with Crippen molar-refractivity contribution in [1.29, 1.82) is 0 Å². The van der Waals surface area contributed by atoms with E-state index in [0.29, 0.717) is 29.5 Å². The lowest BCUT2D eigenvalue weighted by molar-refractivity contribution is -0.140. The number of nitrogens with zero attached hydrogens (tertiary/aromatic N) is 2. The largest absolute Gasteiger partial charge is 0.454 e. The Morgan fingerprint density at radius 1 is 1.06 bits per heavy atom. The van der Waals surface area contributed by atoms with E-state index in [1.54, 1.807) is 50.2 Å². The molecule has 9 nitrogen and oxygen atoms in total. The van der Waals surface area contributed by atoms with Gasteiger partial charge in [0.05, 0.1) is 11.4 Å². The Morgan fingerprint density at radius 2 is 1.74 bits per heavy atom. The van der Waals surface area contributed by atoms with Crippen molar-refractivity contribution in [3.8, 4) is 11.5 Å². The molecule has 3 rings (SSSR count). The average Bonchev–Trinajstić information content (AvgIpc) is 3.31. The zero-order valence-corrected chi connectivity index (χ0v) is 21.6. The highest BCUT2D eigenvalue weighted by molar-refractivity contribution is 7.92. The van der Waals surface area contributed by atoms with Gasteiger partial charge in [-0.05, 0) is 50.1 Å². The van der Waals surface area contributed by atoms with Gasteiger partial charge in [0.25, 0.3) is 0 Å². The van der Waals surface area contributed by atoms with Gasteiger partial charge in [0.1, 0.15) is 12.6 Å². The van der Waals surface area contributed by atoms with Crippen LogP contribution in [0.1, 0.15) is 32.8 Å². The Hall–Kier alpha value is -2.98. The molecule has 35 heavy (non-hydrogen) atoms. The Morgan fingerprint density at radius 3 is 2.37 bits per heavy atom. The van der Waals surface area contributed by atoms with Gasteiger partial charge in [-0.25, -0.2) is 8.42 Å². The van der Waals surface area contributed by atoms with E-state index in [2.05, 4.69) is 5.32 Å². The van der Waals surface area contributed by atoms with Crippen LogP contribution in [0.25, 0.3) is 0 Å². The standard InChI is InChI=1S/C24H30ClN3O6S/c1-4-20(24(30)26-5-2)27(14-17-7-9-18(25)10-8-17)23(29)15-28(35(31,32)6-3)19-11-12-21-22(13-19)34-16-33-21/h7-13,20H,4-6,14-16H2,1-3H3,(H,26,30)/t20-/m0/s1. The van der Waals surface area contributed by atoms with Crippen LogP contribution >= 0.6 is 11.6 Å². The zero-order chi connectivity index (χ0) is 25.6. The monoisotopic (exact) mass is 523 g/mol. The molecule has 0 aromatic heterocycles. The number of sulfonamides is 1. The summed E-state index contributed by atoms with van der Waals surface area (Å²) in [6, 6.07) is 10.9. The highest BCUT2D eigenvalue weighted by Crippen LogP contribution is 2.36. The van der Waals surface area contributed by atoms with Crippen molar-refractivity contribution in [3.63, 3.8) is 0 Å². The number of nitrogens with one attached hydrogen (secondary N) is 1. The molecule has 1 atom stereocenters. The highest BCUT2D eigenvalue weighted by Gasteiger charge is 2.32. The first-order chi connectivity index (χ1) is 16.7. The van der Waals surface area contributed by atoms with Gasteiger partial charge in [-0.1, -0.05) is 30.7 Å². The summed E-state index contributed by atoms with van der Waals surface area (Å²) in [5, 5.41) is 3.31. The predicted molar refractivity (Wildman–Crippen MR) is 134 cm³/mol. The van der Waals surface area contributed by atoms with Crippen molar-refractivity contribution < 1.29 is 27.5 Å². The van der Waals surface area contributed by atoms with E-state index in [-0.39, 0.29) is 30.7 Å². The van der Waals surface area contributed by atoms with Crippen LogP contribution in [-0.2, 0) is 26.2 Å². The smallest absolute Gasteiger partial charge is 0.244 e. The van der Waals surface area contributed by atoms with Crippen LogP contribution in [0.15, 0.2) is 42.5 Å². The molecule has 0 saturated carbocycles. The Kier molecular flexibility index (Phi) is 8.85. The maximum absolute atomic E-state index is 13.7. The van der Waals surface area contributed by atoms with Crippen LogP contribution in [0.4, 0.5) is 5.69 Å². The summed E-state index contributed by atoms with van der Waals surface area (Å²) in [6.07, 6.45) is 0.357. The van der Waals surface area contributed by atoms with E-state index >= 15 is 0 Å². The Labute approximate surface area is 211 Å². The van der Waals surface area contributed by atoms with E-state index < -0.39 is 28.5 Å². The number of anilines is 1. The second kappa shape index (κ2) is 11.6. The third kappa shape index (κ3) is 6.37. The number of rotatable bonds is 11. The fraction of sp³-hybridized carbons (Fsp3) is 0.417. The van der Waals surface area contributed by atoms with E-state index in [0.717, 1.165) is 9.87 Å². The fourth-order valence-electron chi connectivity index (χ4n) is 3.76. The molecule has 0 bridgehead atoms. The van der Waals surface area contributed by atoms with Gasteiger partial charge < -0.3 is 19.7 Å². The first kappa shape index (κ1) is 26.6. The molecule has 0 unspecified atom stereocenters. The Balaban J connectivity index is 1.96. The molecule has 0 aliphatic carbocycles. The van der Waals surface area contributed by atoms with Crippen LogP contribution in [0.3, 0.4) is 0 Å².